The lowest BCUT2D eigenvalue weighted by Crippen LogP contribution is -1.95. The number of halogens is 1. The molecule has 0 aromatic carbocycles. The fourth-order valence-corrected chi connectivity index (χ4v) is 1.72. The van der Waals surface area contributed by atoms with E-state index in [-0.39, 0.29) is 7.43 Å². The Kier molecular flexibility index (Phi) is 9.40. The number of hydrogen-bond acceptors (Lipinski definition) is 4. The molecule has 7 heteroatoms. The Morgan fingerprint density at radius 1 is 0.833 bits per heavy atom. The summed E-state index contributed by atoms with van der Waals surface area (Å²) in [6, 6.07) is 15.1. The maximum Gasteiger partial charge on any atom is 0.153 e. The fraction of sp³-hybridized carbons (Fsp3) is 0.0588. The van der Waals surface area contributed by atoms with Crippen molar-refractivity contribution in [2.75, 3.05) is 0 Å². The van der Waals surface area contributed by atoms with Gasteiger partial charge in [0.15, 0.2) is 5.82 Å². The smallest absolute Gasteiger partial charge is 0.153 e. The first kappa shape index (κ1) is 19.2. The molecule has 0 fully saturated rings. The van der Waals surface area contributed by atoms with Crippen LogP contribution in [0.5, 0.6) is 0 Å². The van der Waals surface area contributed by atoms with Crippen LogP contribution in [-0.2, 0) is 0 Å². The maximum absolute atomic E-state index is 4.12. The lowest BCUT2D eigenvalue weighted by Gasteiger charge is -1.96. The van der Waals surface area contributed by atoms with E-state index in [0.717, 1.165) is 10.4 Å². The van der Waals surface area contributed by atoms with Crippen LogP contribution in [0.1, 0.15) is 7.43 Å². The first-order valence-corrected chi connectivity index (χ1v) is 7.57. The molecular formula is C17H19BrN6. The molecule has 0 saturated carbocycles. The number of nitrogens with zero attached hydrogens (tertiary/aromatic N) is 5. The molecule has 0 aliphatic rings. The third kappa shape index (κ3) is 7.46. The van der Waals surface area contributed by atoms with Gasteiger partial charge in [-0.05, 0) is 52.3 Å². The Morgan fingerprint density at radius 3 is 2.00 bits per heavy atom. The first-order chi connectivity index (χ1) is 11.4. The molecule has 4 heterocycles. The standard InChI is InChI=1S/C8H7N3.C5H4BrN.C3H4N2.CH4/c1-2-5-9-8(4-1)11-7-3-6-10-11;6-5-3-1-2-4-7-5;1-2-4-5-3-1;/h1-7H;1-4H;1-3H,(H,4,5);1H4. The van der Waals surface area contributed by atoms with Gasteiger partial charge in [-0.25, -0.2) is 14.6 Å². The van der Waals surface area contributed by atoms with E-state index < -0.39 is 0 Å². The van der Waals surface area contributed by atoms with E-state index in [4.69, 9.17) is 0 Å². The van der Waals surface area contributed by atoms with Crippen molar-refractivity contribution in [1.29, 1.82) is 0 Å². The summed E-state index contributed by atoms with van der Waals surface area (Å²) >= 11 is 3.20. The Morgan fingerprint density at radius 2 is 1.62 bits per heavy atom. The predicted molar refractivity (Wildman–Crippen MR) is 98.6 cm³/mol. The van der Waals surface area contributed by atoms with Crippen molar-refractivity contribution in [2.24, 2.45) is 0 Å². The van der Waals surface area contributed by atoms with Gasteiger partial charge >= 0.3 is 0 Å². The van der Waals surface area contributed by atoms with Crippen LogP contribution in [0.25, 0.3) is 5.82 Å². The summed E-state index contributed by atoms with van der Waals surface area (Å²) in [4.78, 5) is 8.02. The Labute approximate surface area is 149 Å². The molecule has 4 aromatic heterocycles. The summed E-state index contributed by atoms with van der Waals surface area (Å²) in [6.45, 7) is 0. The first-order valence-electron chi connectivity index (χ1n) is 6.77. The third-order valence-electron chi connectivity index (χ3n) is 2.42. The molecule has 0 unspecified atom stereocenters. The van der Waals surface area contributed by atoms with Crippen molar-refractivity contribution in [2.45, 2.75) is 7.43 Å². The topological polar surface area (TPSA) is 72.3 Å². The second kappa shape index (κ2) is 11.7. The van der Waals surface area contributed by atoms with Gasteiger partial charge in [0, 0.05) is 37.2 Å². The van der Waals surface area contributed by atoms with Crippen molar-refractivity contribution >= 4 is 15.9 Å². The fourth-order valence-electron chi connectivity index (χ4n) is 1.45. The van der Waals surface area contributed by atoms with E-state index in [1.807, 2.05) is 54.7 Å². The van der Waals surface area contributed by atoms with Gasteiger partial charge in [0.25, 0.3) is 0 Å². The zero-order chi connectivity index (χ0) is 16.2. The minimum Gasteiger partial charge on any atom is -0.286 e. The maximum atomic E-state index is 4.12. The molecule has 0 spiro atoms. The molecule has 124 valence electrons. The summed E-state index contributed by atoms with van der Waals surface area (Å²) in [5.41, 5.74) is 0. The molecule has 4 rings (SSSR count). The van der Waals surface area contributed by atoms with Crippen LogP contribution in [0, 0.1) is 0 Å². The van der Waals surface area contributed by atoms with Crippen molar-refractivity contribution in [3.05, 3.63) is 90.3 Å². The number of H-pyrrole nitrogens is 1. The second-order valence-corrected chi connectivity index (χ2v) is 4.87. The molecule has 0 saturated heterocycles. The molecule has 0 aliphatic heterocycles. The molecule has 1 N–H and O–H groups in total. The largest absolute Gasteiger partial charge is 0.286 e. The predicted octanol–water partition coefficient (Wildman–Crippen LogP) is 4.16. The third-order valence-corrected chi connectivity index (χ3v) is 2.89. The molecule has 24 heavy (non-hydrogen) atoms. The van der Waals surface area contributed by atoms with Gasteiger partial charge in [0.05, 0.1) is 0 Å². The van der Waals surface area contributed by atoms with Crippen LogP contribution in [0.2, 0.25) is 0 Å². The second-order valence-electron chi connectivity index (χ2n) is 4.06. The van der Waals surface area contributed by atoms with Crippen LogP contribution in [0.3, 0.4) is 0 Å². The van der Waals surface area contributed by atoms with Crippen molar-refractivity contribution in [3.8, 4) is 5.82 Å². The van der Waals surface area contributed by atoms with Gasteiger partial charge < -0.3 is 0 Å². The van der Waals surface area contributed by atoms with Gasteiger partial charge in [-0.15, -0.1) is 0 Å². The van der Waals surface area contributed by atoms with Crippen molar-refractivity contribution in [1.82, 2.24) is 29.9 Å². The molecule has 0 atom stereocenters. The highest BCUT2D eigenvalue weighted by molar-refractivity contribution is 9.10. The summed E-state index contributed by atoms with van der Waals surface area (Å²) < 4.78 is 2.61. The van der Waals surface area contributed by atoms with Gasteiger partial charge in [0.1, 0.15) is 4.60 Å². The summed E-state index contributed by atoms with van der Waals surface area (Å²) in [5, 5.41) is 10.2. The number of aromatic nitrogens is 6. The number of aromatic amines is 1. The summed E-state index contributed by atoms with van der Waals surface area (Å²) in [6.07, 6.45) is 10.5. The SMILES string of the molecule is Brc1ccccn1.C.c1ccc(-n2cccn2)nc1.c1cn[nH]c1. The molecule has 6 nitrogen and oxygen atoms in total. The quantitative estimate of drug-likeness (QED) is 0.498. The van der Waals surface area contributed by atoms with E-state index in [0.29, 0.717) is 0 Å². The van der Waals surface area contributed by atoms with E-state index >= 15 is 0 Å². The normalized spacial score (nSPS) is 8.71. The lowest BCUT2D eigenvalue weighted by atomic mass is 10.5. The Balaban J connectivity index is 0.000000192. The van der Waals surface area contributed by atoms with Crippen molar-refractivity contribution in [3.63, 3.8) is 0 Å². The Hall–Kier alpha value is -2.80. The van der Waals surface area contributed by atoms with E-state index in [1.165, 1.54) is 0 Å². The highest BCUT2D eigenvalue weighted by Gasteiger charge is 1.92. The minimum atomic E-state index is 0. The lowest BCUT2D eigenvalue weighted by molar-refractivity contribution is 0.847. The minimum absolute atomic E-state index is 0. The highest BCUT2D eigenvalue weighted by Crippen LogP contribution is 2.00. The van der Waals surface area contributed by atoms with E-state index in [1.54, 1.807) is 35.7 Å². The van der Waals surface area contributed by atoms with Gasteiger partial charge in [-0.2, -0.15) is 10.2 Å². The Bertz CT molecular complexity index is 710. The molecular weight excluding hydrogens is 368 g/mol. The molecule has 0 aliphatic carbocycles. The molecule has 0 bridgehead atoms. The summed E-state index contributed by atoms with van der Waals surface area (Å²) in [7, 11) is 0. The van der Waals surface area contributed by atoms with Gasteiger partial charge in [0.2, 0.25) is 0 Å². The van der Waals surface area contributed by atoms with Gasteiger partial charge in [-0.1, -0.05) is 19.6 Å². The van der Waals surface area contributed by atoms with Crippen LogP contribution >= 0.6 is 15.9 Å². The highest BCUT2D eigenvalue weighted by atomic mass is 79.9. The zero-order valence-corrected chi connectivity index (χ0v) is 13.8. The zero-order valence-electron chi connectivity index (χ0n) is 12.2. The number of nitrogens with one attached hydrogen (secondary N) is 1. The average molecular weight is 387 g/mol. The number of rotatable bonds is 1. The summed E-state index contributed by atoms with van der Waals surface area (Å²) in [5.74, 6) is 0.845. The number of hydrogen-bond donors (Lipinski definition) is 1. The van der Waals surface area contributed by atoms with Gasteiger partial charge in [-0.3, -0.25) is 5.10 Å². The van der Waals surface area contributed by atoms with Crippen LogP contribution in [0.15, 0.2) is 90.3 Å². The van der Waals surface area contributed by atoms with E-state index in [9.17, 15) is 0 Å². The molecule has 0 radical (unpaired) electrons. The molecule has 4 aromatic rings. The van der Waals surface area contributed by atoms with Crippen LogP contribution < -0.4 is 0 Å². The van der Waals surface area contributed by atoms with Crippen LogP contribution in [-0.4, -0.2) is 29.9 Å². The van der Waals surface area contributed by atoms with Crippen LogP contribution in [0.4, 0.5) is 0 Å². The van der Waals surface area contributed by atoms with Crippen molar-refractivity contribution < 1.29 is 0 Å². The van der Waals surface area contributed by atoms with E-state index in [2.05, 4.69) is 41.2 Å². The average Bonchev–Trinajstić information content (AvgIpc) is 3.33. The monoisotopic (exact) mass is 386 g/mol. The number of pyridine rings is 2. The molecule has 0 amide bonds.